The van der Waals surface area contributed by atoms with Gasteiger partial charge in [0.2, 0.25) is 13.6 Å². The number of benzene rings is 2. The molecular formula is C22H22N2O8. The summed E-state index contributed by atoms with van der Waals surface area (Å²) in [5.41, 5.74) is 0. The number of amides is 2. The number of fused-ring (bicyclic) bond motifs is 2. The Morgan fingerprint density at radius 1 is 0.656 bits per heavy atom. The van der Waals surface area contributed by atoms with Crippen LogP contribution in [0.5, 0.6) is 34.5 Å². The van der Waals surface area contributed by atoms with Gasteiger partial charge in [0.25, 0.3) is 11.8 Å². The SMILES string of the molecule is O=C(COc1ccc2c(c1)OCO2)N1CCN(C(=O)COc2ccc3c(c2)OCO3)CC1. The van der Waals surface area contributed by atoms with Gasteiger partial charge in [-0.15, -0.1) is 0 Å². The predicted molar refractivity (Wildman–Crippen MR) is 109 cm³/mol. The van der Waals surface area contributed by atoms with Gasteiger partial charge in [-0.2, -0.15) is 0 Å². The first-order chi connectivity index (χ1) is 15.7. The lowest BCUT2D eigenvalue weighted by molar-refractivity contribution is -0.141. The topological polar surface area (TPSA) is 96.0 Å². The maximum atomic E-state index is 12.5. The van der Waals surface area contributed by atoms with E-state index in [-0.39, 0.29) is 38.6 Å². The van der Waals surface area contributed by atoms with Gasteiger partial charge in [-0.25, -0.2) is 0 Å². The van der Waals surface area contributed by atoms with Crippen molar-refractivity contribution in [2.24, 2.45) is 0 Å². The van der Waals surface area contributed by atoms with Gasteiger partial charge < -0.3 is 38.2 Å². The molecule has 0 aromatic heterocycles. The number of carbonyl (C=O) groups excluding carboxylic acids is 2. The van der Waals surface area contributed by atoms with Crippen LogP contribution in [0.1, 0.15) is 0 Å². The van der Waals surface area contributed by atoms with Crippen molar-refractivity contribution in [3.05, 3.63) is 36.4 Å². The monoisotopic (exact) mass is 442 g/mol. The van der Waals surface area contributed by atoms with E-state index in [1.807, 2.05) is 0 Å². The summed E-state index contributed by atoms with van der Waals surface area (Å²) in [4.78, 5) is 28.3. The van der Waals surface area contributed by atoms with Gasteiger partial charge in [0.1, 0.15) is 11.5 Å². The Balaban J connectivity index is 1.05. The lowest BCUT2D eigenvalue weighted by Crippen LogP contribution is -2.52. The normalized spacial score (nSPS) is 16.1. The maximum Gasteiger partial charge on any atom is 0.260 e. The van der Waals surface area contributed by atoms with Crippen molar-refractivity contribution < 1.29 is 38.0 Å². The number of hydrogen-bond donors (Lipinski definition) is 0. The Morgan fingerprint density at radius 2 is 1.06 bits per heavy atom. The van der Waals surface area contributed by atoms with Crippen molar-refractivity contribution in [2.45, 2.75) is 0 Å². The third kappa shape index (κ3) is 4.29. The fraction of sp³-hybridized carbons (Fsp3) is 0.364. The first-order valence-electron chi connectivity index (χ1n) is 10.3. The van der Waals surface area contributed by atoms with E-state index in [9.17, 15) is 9.59 Å². The highest BCUT2D eigenvalue weighted by Gasteiger charge is 2.25. The van der Waals surface area contributed by atoms with Crippen LogP contribution in [0, 0.1) is 0 Å². The van der Waals surface area contributed by atoms with E-state index in [0.717, 1.165) is 0 Å². The lowest BCUT2D eigenvalue weighted by atomic mass is 10.3. The molecule has 2 amide bonds. The van der Waals surface area contributed by atoms with Gasteiger partial charge in [0.15, 0.2) is 36.2 Å². The number of rotatable bonds is 6. The molecule has 0 N–H and O–H groups in total. The molecule has 0 bridgehead atoms. The molecule has 3 aliphatic rings. The van der Waals surface area contributed by atoms with Crippen LogP contribution in [0.25, 0.3) is 0 Å². The highest BCUT2D eigenvalue weighted by atomic mass is 16.7. The fourth-order valence-corrected chi connectivity index (χ4v) is 3.61. The smallest absolute Gasteiger partial charge is 0.260 e. The van der Waals surface area contributed by atoms with Crippen LogP contribution in [-0.2, 0) is 9.59 Å². The Bertz CT molecular complexity index is 937. The summed E-state index contributed by atoms with van der Waals surface area (Å²) >= 11 is 0. The van der Waals surface area contributed by atoms with Crippen LogP contribution in [-0.4, -0.2) is 74.6 Å². The molecule has 1 saturated heterocycles. The van der Waals surface area contributed by atoms with Crippen molar-refractivity contribution in [1.82, 2.24) is 9.80 Å². The highest BCUT2D eigenvalue weighted by Crippen LogP contribution is 2.36. The molecule has 32 heavy (non-hydrogen) atoms. The summed E-state index contributed by atoms with van der Waals surface area (Å²) in [6.45, 7) is 1.98. The zero-order valence-corrected chi connectivity index (χ0v) is 17.3. The van der Waals surface area contributed by atoms with Crippen LogP contribution in [0.3, 0.4) is 0 Å². The van der Waals surface area contributed by atoms with Crippen molar-refractivity contribution in [3.8, 4) is 34.5 Å². The summed E-state index contributed by atoms with van der Waals surface area (Å²) < 4.78 is 32.3. The minimum absolute atomic E-state index is 0.0825. The summed E-state index contributed by atoms with van der Waals surface area (Å²) in [6, 6.07) is 10.4. The van der Waals surface area contributed by atoms with Gasteiger partial charge in [-0.05, 0) is 24.3 Å². The quantitative estimate of drug-likeness (QED) is 0.660. The van der Waals surface area contributed by atoms with Crippen LogP contribution >= 0.6 is 0 Å². The second-order valence-corrected chi connectivity index (χ2v) is 7.37. The molecule has 2 aromatic rings. The standard InChI is InChI=1S/C22H22N2O8/c25-21(11-27-15-1-3-17-19(9-15)31-13-29-17)23-5-7-24(8-6-23)22(26)12-28-16-2-4-18-20(10-16)32-14-30-18/h1-4,9-10H,5-8,11-14H2. The average Bonchev–Trinajstić information content (AvgIpc) is 3.49. The second-order valence-electron chi connectivity index (χ2n) is 7.37. The summed E-state index contributed by atoms with van der Waals surface area (Å²) in [7, 11) is 0. The van der Waals surface area contributed by atoms with Gasteiger partial charge >= 0.3 is 0 Å². The lowest BCUT2D eigenvalue weighted by Gasteiger charge is -2.34. The third-order valence-electron chi connectivity index (χ3n) is 5.40. The van der Waals surface area contributed by atoms with Gasteiger partial charge in [0, 0.05) is 38.3 Å². The Labute approximate surface area is 184 Å². The van der Waals surface area contributed by atoms with Gasteiger partial charge in [-0.3, -0.25) is 9.59 Å². The molecule has 0 radical (unpaired) electrons. The first kappa shape index (κ1) is 20.1. The van der Waals surface area contributed by atoms with E-state index in [4.69, 9.17) is 28.4 Å². The minimum atomic E-state index is -0.133. The van der Waals surface area contributed by atoms with Crippen LogP contribution in [0.2, 0.25) is 0 Å². The van der Waals surface area contributed by atoms with Crippen LogP contribution in [0.4, 0.5) is 0 Å². The number of piperazine rings is 1. The van der Waals surface area contributed by atoms with Crippen molar-refractivity contribution in [2.75, 3.05) is 53.0 Å². The zero-order chi connectivity index (χ0) is 21.9. The van der Waals surface area contributed by atoms with E-state index in [1.54, 1.807) is 46.2 Å². The molecule has 0 atom stereocenters. The van der Waals surface area contributed by atoms with E-state index >= 15 is 0 Å². The van der Waals surface area contributed by atoms with Crippen molar-refractivity contribution in [1.29, 1.82) is 0 Å². The number of hydrogen-bond acceptors (Lipinski definition) is 8. The molecule has 3 heterocycles. The highest BCUT2D eigenvalue weighted by molar-refractivity contribution is 5.80. The van der Waals surface area contributed by atoms with E-state index in [2.05, 4.69) is 0 Å². The average molecular weight is 442 g/mol. The van der Waals surface area contributed by atoms with E-state index in [0.29, 0.717) is 60.7 Å². The largest absolute Gasteiger partial charge is 0.484 e. The molecule has 1 fully saturated rings. The van der Waals surface area contributed by atoms with Gasteiger partial charge in [-0.1, -0.05) is 0 Å². The predicted octanol–water partition coefficient (Wildman–Crippen LogP) is 1.27. The molecule has 3 aliphatic heterocycles. The van der Waals surface area contributed by atoms with E-state index < -0.39 is 0 Å². The summed E-state index contributed by atoms with van der Waals surface area (Å²) in [5.74, 6) is 3.33. The molecule has 2 aromatic carbocycles. The third-order valence-corrected chi connectivity index (χ3v) is 5.40. The zero-order valence-electron chi connectivity index (χ0n) is 17.3. The Morgan fingerprint density at radius 3 is 1.50 bits per heavy atom. The Hall–Kier alpha value is -3.82. The molecule has 10 heteroatoms. The van der Waals surface area contributed by atoms with Gasteiger partial charge in [0.05, 0.1) is 0 Å². The molecule has 0 saturated carbocycles. The van der Waals surface area contributed by atoms with E-state index in [1.165, 1.54) is 0 Å². The minimum Gasteiger partial charge on any atom is -0.484 e. The molecule has 0 aliphatic carbocycles. The molecule has 0 spiro atoms. The maximum absolute atomic E-state index is 12.5. The Kier molecular flexibility index (Phi) is 5.49. The van der Waals surface area contributed by atoms with Crippen LogP contribution in [0.15, 0.2) is 36.4 Å². The first-order valence-corrected chi connectivity index (χ1v) is 10.3. The molecule has 0 unspecified atom stereocenters. The molecule has 168 valence electrons. The van der Waals surface area contributed by atoms with Crippen molar-refractivity contribution in [3.63, 3.8) is 0 Å². The second kappa shape index (κ2) is 8.74. The number of ether oxygens (including phenoxy) is 6. The molecule has 5 rings (SSSR count). The summed E-state index contributed by atoms with van der Waals surface area (Å²) in [5, 5.41) is 0. The fourth-order valence-electron chi connectivity index (χ4n) is 3.61. The number of nitrogens with zero attached hydrogens (tertiary/aromatic N) is 2. The van der Waals surface area contributed by atoms with Crippen LogP contribution < -0.4 is 28.4 Å². The molecule has 10 nitrogen and oxygen atoms in total. The van der Waals surface area contributed by atoms with Crippen molar-refractivity contribution >= 4 is 11.8 Å². The molecular weight excluding hydrogens is 420 g/mol. The number of carbonyl (C=O) groups is 2. The summed E-state index contributed by atoms with van der Waals surface area (Å²) in [6.07, 6.45) is 0.